The van der Waals surface area contributed by atoms with Gasteiger partial charge in [0.05, 0.1) is 30.5 Å². The van der Waals surface area contributed by atoms with Crippen molar-refractivity contribution < 1.29 is 28.4 Å². The Bertz CT molecular complexity index is 601. The summed E-state index contributed by atoms with van der Waals surface area (Å²) in [7, 11) is 1.71. The highest BCUT2D eigenvalue weighted by Crippen LogP contribution is 2.41. The second-order valence-corrected chi connectivity index (χ2v) is 11.1. The monoisotopic (exact) mass is 456 g/mol. The van der Waals surface area contributed by atoms with Crippen LogP contribution in [0.5, 0.6) is 0 Å². The first kappa shape index (κ1) is 26.4. The Labute approximate surface area is 196 Å². The van der Waals surface area contributed by atoms with Crippen molar-refractivity contribution in [2.45, 2.75) is 119 Å². The average molecular weight is 457 g/mol. The van der Waals surface area contributed by atoms with Crippen molar-refractivity contribution in [1.82, 2.24) is 0 Å². The molecule has 0 bridgehead atoms. The molecule has 188 valence electrons. The van der Waals surface area contributed by atoms with Crippen molar-refractivity contribution in [1.29, 1.82) is 0 Å². The molecule has 15 atom stereocenters. The summed E-state index contributed by atoms with van der Waals surface area (Å²) in [6, 6.07) is 0. The molecule has 3 saturated heterocycles. The van der Waals surface area contributed by atoms with E-state index >= 15 is 0 Å². The minimum Gasteiger partial charge on any atom is -0.356 e. The van der Waals surface area contributed by atoms with Crippen LogP contribution in [0.4, 0.5) is 0 Å². The minimum atomic E-state index is -0.285. The summed E-state index contributed by atoms with van der Waals surface area (Å²) in [5, 5.41) is 0. The van der Waals surface area contributed by atoms with E-state index in [4.69, 9.17) is 28.4 Å². The molecule has 15 unspecified atom stereocenters. The van der Waals surface area contributed by atoms with E-state index in [1.165, 1.54) is 0 Å². The smallest absolute Gasteiger partial charge is 0.161 e. The van der Waals surface area contributed by atoms with Crippen LogP contribution in [0, 0.1) is 41.4 Å². The van der Waals surface area contributed by atoms with Gasteiger partial charge in [-0.1, -0.05) is 48.5 Å². The Hall–Kier alpha value is -0.240. The zero-order valence-electron chi connectivity index (χ0n) is 22.1. The van der Waals surface area contributed by atoms with Gasteiger partial charge in [-0.15, -0.1) is 0 Å². The van der Waals surface area contributed by atoms with E-state index in [1.807, 2.05) is 0 Å². The summed E-state index contributed by atoms with van der Waals surface area (Å²) in [6.07, 6.45) is -0.670. The van der Waals surface area contributed by atoms with Crippen molar-refractivity contribution in [2.24, 2.45) is 41.4 Å². The minimum absolute atomic E-state index is 0.0284. The first-order chi connectivity index (χ1) is 15.0. The van der Waals surface area contributed by atoms with Gasteiger partial charge >= 0.3 is 0 Å². The van der Waals surface area contributed by atoms with Crippen LogP contribution in [-0.2, 0) is 28.4 Å². The first-order valence-electron chi connectivity index (χ1n) is 12.8. The lowest BCUT2D eigenvalue weighted by molar-refractivity contribution is -0.342. The quantitative estimate of drug-likeness (QED) is 0.574. The molecule has 0 aromatic rings. The van der Waals surface area contributed by atoms with E-state index in [1.54, 1.807) is 7.11 Å². The van der Waals surface area contributed by atoms with E-state index in [0.717, 1.165) is 0 Å². The number of rotatable bonds is 5. The number of methoxy groups -OCH3 is 1. The van der Waals surface area contributed by atoms with Gasteiger partial charge in [-0.2, -0.15) is 0 Å². The van der Waals surface area contributed by atoms with Gasteiger partial charge in [0.2, 0.25) is 0 Å². The summed E-state index contributed by atoms with van der Waals surface area (Å²) in [5.41, 5.74) is 0. The van der Waals surface area contributed by atoms with Gasteiger partial charge in [0.1, 0.15) is 0 Å². The molecule has 6 heteroatoms. The summed E-state index contributed by atoms with van der Waals surface area (Å²) in [4.78, 5) is 0. The highest BCUT2D eigenvalue weighted by molar-refractivity contribution is 4.90. The van der Waals surface area contributed by atoms with Gasteiger partial charge in [0, 0.05) is 24.9 Å². The van der Waals surface area contributed by atoms with Crippen molar-refractivity contribution in [3.63, 3.8) is 0 Å². The first-order valence-corrected chi connectivity index (χ1v) is 12.8. The fraction of sp³-hybridized carbons (Fsp3) is 1.00. The highest BCUT2D eigenvalue weighted by atomic mass is 16.7. The van der Waals surface area contributed by atoms with E-state index in [-0.39, 0.29) is 67.1 Å². The Balaban J connectivity index is 1.65. The lowest BCUT2D eigenvalue weighted by Gasteiger charge is -2.50. The molecule has 3 aliphatic heterocycles. The third kappa shape index (κ3) is 5.06. The molecule has 0 spiro atoms. The maximum absolute atomic E-state index is 6.61. The van der Waals surface area contributed by atoms with Crippen LogP contribution in [-0.4, -0.2) is 56.5 Å². The lowest BCUT2D eigenvalue weighted by Crippen LogP contribution is -2.57. The van der Waals surface area contributed by atoms with Gasteiger partial charge in [0.25, 0.3) is 0 Å². The summed E-state index contributed by atoms with van der Waals surface area (Å²) >= 11 is 0. The predicted octanol–water partition coefficient (Wildman–Crippen LogP) is 5.09. The van der Waals surface area contributed by atoms with E-state index in [0.29, 0.717) is 23.7 Å². The highest BCUT2D eigenvalue weighted by Gasteiger charge is 2.48. The molecule has 0 aliphatic carbocycles. The van der Waals surface area contributed by atoms with Crippen molar-refractivity contribution in [3.05, 3.63) is 0 Å². The molecule has 3 fully saturated rings. The number of ether oxygens (including phenoxy) is 6. The number of hydrogen-bond acceptors (Lipinski definition) is 6. The largest absolute Gasteiger partial charge is 0.356 e. The Morgan fingerprint density at radius 2 is 0.781 bits per heavy atom. The maximum Gasteiger partial charge on any atom is 0.161 e. The molecule has 0 radical (unpaired) electrons. The predicted molar refractivity (Wildman–Crippen MR) is 124 cm³/mol. The molecule has 32 heavy (non-hydrogen) atoms. The van der Waals surface area contributed by atoms with Crippen molar-refractivity contribution in [2.75, 3.05) is 7.11 Å². The third-order valence-electron chi connectivity index (χ3n) is 9.17. The van der Waals surface area contributed by atoms with Crippen LogP contribution >= 0.6 is 0 Å². The van der Waals surface area contributed by atoms with E-state index < -0.39 is 0 Å². The fourth-order valence-corrected chi connectivity index (χ4v) is 5.75. The molecular weight excluding hydrogens is 408 g/mol. The molecule has 3 aliphatic rings. The summed E-state index contributed by atoms with van der Waals surface area (Å²) in [5.74, 6) is 2.46. The maximum atomic E-state index is 6.61. The zero-order valence-corrected chi connectivity index (χ0v) is 22.1. The van der Waals surface area contributed by atoms with Gasteiger partial charge in [-0.05, 0) is 44.4 Å². The molecule has 0 amide bonds. The Kier molecular flexibility index (Phi) is 8.71. The van der Waals surface area contributed by atoms with Crippen LogP contribution in [0.25, 0.3) is 0 Å². The molecular formula is C26H48O6. The van der Waals surface area contributed by atoms with Crippen LogP contribution in [0.2, 0.25) is 0 Å². The zero-order chi connectivity index (χ0) is 23.9. The third-order valence-corrected chi connectivity index (χ3v) is 9.17. The second kappa shape index (κ2) is 10.6. The SMILES string of the molecule is COC1OC(C)C(OC2OC(C)C(OC3OC(C)C(C)C(C)C3C)C(C)C2C)C(C)C1C. The van der Waals surface area contributed by atoms with Crippen LogP contribution in [0.1, 0.15) is 69.2 Å². The number of hydrogen-bond donors (Lipinski definition) is 0. The lowest BCUT2D eigenvalue weighted by atomic mass is 9.79. The van der Waals surface area contributed by atoms with Gasteiger partial charge in [-0.3, -0.25) is 0 Å². The second-order valence-electron chi connectivity index (χ2n) is 11.1. The Morgan fingerprint density at radius 3 is 1.25 bits per heavy atom. The fourth-order valence-electron chi connectivity index (χ4n) is 5.75. The van der Waals surface area contributed by atoms with Gasteiger partial charge < -0.3 is 28.4 Å². The van der Waals surface area contributed by atoms with Crippen molar-refractivity contribution >= 4 is 0 Å². The van der Waals surface area contributed by atoms with Gasteiger partial charge in [0.15, 0.2) is 18.9 Å². The standard InChI is InChI=1S/C26H48O6/c1-12-13(2)19(8)28-25(16(12)5)31-23-15(4)18(7)26(30-21(23)10)32-22-14(3)17(6)24(27-11)29-20(22)9/h12-26H,1-11H3. The van der Waals surface area contributed by atoms with E-state index in [2.05, 4.69) is 69.2 Å². The van der Waals surface area contributed by atoms with E-state index in [9.17, 15) is 0 Å². The molecule has 0 saturated carbocycles. The molecule has 0 aromatic carbocycles. The molecule has 6 nitrogen and oxygen atoms in total. The average Bonchev–Trinajstić information content (AvgIpc) is 2.76. The van der Waals surface area contributed by atoms with Crippen molar-refractivity contribution in [3.8, 4) is 0 Å². The Morgan fingerprint density at radius 1 is 0.406 bits per heavy atom. The molecule has 0 N–H and O–H groups in total. The topological polar surface area (TPSA) is 55.4 Å². The molecule has 0 aromatic heterocycles. The summed E-state index contributed by atoms with van der Waals surface area (Å²) < 4.78 is 37.5. The van der Waals surface area contributed by atoms with Crippen LogP contribution < -0.4 is 0 Å². The van der Waals surface area contributed by atoms with Gasteiger partial charge in [-0.25, -0.2) is 0 Å². The van der Waals surface area contributed by atoms with Crippen LogP contribution in [0.3, 0.4) is 0 Å². The molecule has 3 heterocycles. The molecule has 3 rings (SSSR count). The summed E-state index contributed by atoms with van der Waals surface area (Å²) in [6.45, 7) is 22.0. The normalized spacial score (nSPS) is 55.0. The van der Waals surface area contributed by atoms with Crippen LogP contribution in [0.15, 0.2) is 0 Å².